The lowest BCUT2D eigenvalue weighted by Gasteiger charge is -2.30. The highest BCUT2D eigenvalue weighted by Gasteiger charge is 2.62. The fourth-order valence-electron chi connectivity index (χ4n) is 8.75. The van der Waals surface area contributed by atoms with Gasteiger partial charge in [0.15, 0.2) is 0 Å². The topological polar surface area (TPSA) is 238 Å². The first-order valence-electron chi connectivity index (χ1n) is 22.5. The van der Waals surface area contributed by atoms with Crippen molar-refractivity contribution in [2.75, 3.05) is 13.7 Å². The molecule has 5 atom stereocenters. The van der Waals surface area contributed by atoms with Crippen molar-refractivity contribution in [3.8, 4) is 28.0 Å². The van der Waals surface area contributed by atoms with Gasteiger partial charge in [0, 0.05) is 46.8 Å². The molecule has 2 aromatic heterocycles. The number of sulfonamides is 1. The molecule has 4 aromatic rings. The SMILES string of the molecule is COc1ccc2c(O[C@@H]3C[C@H]4C(=O)N[C@]5(C(=O)NS(=O)(=O)C6CC6)C[C@H]5/C=C\CCCCC[C@H](NC(=O)NCc5ccc(CO)c(O)c5)C(=O)N4C3)cc(-c3nc(C(C)C)cs3)nc2c1C. The zero-order chi connectivity index (χ0) is 46.9. The first kappa shape index (κ1) is 46.7. The fourth-order valence-corrected chi connectivity index (χ4v) is 11.1. The number of aliphatic hydroxyl groups is 1. The number of amides is 5. The van der Waals surface area contributed by atoms with Gasteiger partial charge in [-0.1, -0.05) is 51.0 Å². The molecule has 0 radical (unpaired) electrons. The number of rotatable bonds is 12. The number of urea groups is 1. The summed E-state index contributed by atoms with van der Waals surface area (Å²) in [5.74, 6) is -1.31. The number of aliphatic hydroxyl groups excluding tert-OH is 1. The van der Waals surface area contributed by atoms with Crippen LogP contribution in [0.15, 0.2) is 53.9 Å². The lowest BCUT2D eigenvalue weighted by Crippen LogP contribution is -2.58. The third-order valence-electron chi connectivity index (χ3n) is 12.9. The van der Waals surface area contributed by atoms with Crippen LogP contribution in [-0.2, 0) is 37.6 Å². The molecule has 19 heteroatoms. The number of methoxy groups -OCH3 is 1. The van der Waals surface area contributed by atoms with Crippen molar-refractivity contribution in [2.45, 2.75) is 127 Å². The molecule has 352 valence electrons. The number of carbonyl (C=O) groups is 4. The minimum Gasteiger partial charge on any atom is -0.508 e. The number of ether oxygens (including phenoxy) is 2. The molecule has 66 heavy (non-hydrogen) atoms. The second kappa shape index (κ2) is 19.2. The normalized spacial score (nSPS) is 24.1. The number of aryl methyl sites for hydroxylation is 1. The van der Waals surface area contributed by atoms with Gasteiger partial charge >= 0.3 is 6.03 Å². The number of hydrogen-bond donors (Lipinski definition) is 6. The number of benzene rings is 2. The number of fused-ring (bicyclic) bond motifs is 3. The minimum atomic E-state index is -3.94. The van der Waals surface area contributed by atoms with Crippen LogP contribution in [0.5, 0.6) is 17.2 Å². The second-order valence-electron chi connectivity index (χ2n) is 18.0. The molecule has 6 N–H and O–H groups in total. The van der Waals surface area contributed by atoms with Crippen LogP contribution >= 0.6 is 11.3 Å². The van der Waals surface area contributed by atoms with Crippen LogP contribution in [0.1, 0.15) is 99.9 Å². The number of aromatic nitrogens is 2. The largest absolute Gasteiger partial charge is 0.508 e. The number of thiazole rings is 1. The fraction of sp³-hybridized carbons (Fsp3) is 0.489. The average molecular weight is 944 g/mol. The molecular formula is C47H57N7O10S2. The molecule has 4 aliphatic rings. The van der Waals surface area contributed by atoms with E-state index in [1.54, 1.807) is 19.2 Å². The van der Waals surface area contributed by atoms with E-state index in [9.17, 15) is 37.8 Å². The smallest absolute Gasteiger partial charge is 0.315 e. The Balaban J connectivity index is 1.12. The maximum atomic E-state index is 14.9. The van der Waals surface area contributed by atoms with Gasteiger partial charge in [-0.05, 0) is 75.1 Å². The maximum absolute atomic E-state index is 14.9. The van der Waals surface area contributed by atoms with E-state index in [1.165, 1.54) is 22.3 Å². The van der Waals surface area contributed by atoms with E-state index < -0.39 is 68.7 Å². The first-order valence-corrected chi connectivity index (χ1v) is 24.9. The Morgan fingerprint density at radius 1 is 1.06 bits per heavy atom. The predicted octanol–water partition coefficient (Wildman–Crippen LogP) is 5.22. The summed E-state index contributed by atoms with van der Waals surface area (Å²) < 4.78 is 40.7. The van der Waals surface area contributed by atoms with Crippen LogP contribution in [0.25, 0.3) is 21.6 Å². The molecule has 0 unspecified atom stereocenters. The molecule has 0 bridgehead atoms. The van der Waals surface area contributed by atoms with Gasteiger partial charge in [-0.2, -0.15) is 0 Å². The average Bonchev–Trinajstić information content (AvgIpc) is 4.16. The number of nitrogens with zero attached hydrogens (tertiary/aromatic N) is 3. The van der Waals surface area contributed by atoms with E-state index in [1.807, 2.05) is 42.7 Å². The van der Waals surface area contributed by atoms with Crippen LogP contribution in [0.4, 0.5) is 4.79 Å². The molecule has 3 fully saturated rings. The number of nitrogens with one attached hydrogen (secondary N) is 4. The quantitative estimate of drug-likeness (QED) is 0.100. The van der Waals surface area contributed by atoms with Gasteiger partial charge < -0.3 is 40.5 Å². The molecule has 1 saturated heterocycles. The van der Waals surface area contributed by atoms with Gasteiger partial charge in [0.1, 0.15) is 51.7 Å². The van der Waals surface area contributed by atoms with E-state index in [-0.39, 0.29) is 50.6 Å². The van der Waals surface area contributed by atoms with E-state index in [2.05, 4.69) is 34.5 Å². The van der Waals surface area contributed by atoms with E-state index in [4.69, 9.17) is 19.4 Å². The molecule has 2 saturated carbocycles. The molecular weight excluding hydrogens is 887 g/mol. The zero-order valence-electron chi connectivity index (χ0n) is 37.5. The standard InChI is InChI=1S/C47H57N7O10S2/c1-26(2)36-25-65-43(50-36)35-20-40(33-16-17-39(63-4)27(3)41(33)49-35)64-31-19-37-42(57)52-47(45(59)53-66(61,62)32-14-15-32)21-30(47)10-8-6-5-7-9-11-34(44(58)54(37)23-31)51-46(60)48-22-28-12-13-29(24-55)38(56)18-28/h8,10,12-13,16-18,20,25-26,30-32,34,37,55-56H,5-7,9,11,14-15,19,21-24H2,1-4H3,(H,52,57)(H,53,59)(H2,48,51,60)/b10-8-/t30-,31-,34+,37+,47-/m1/s1. The Hall–Kier alpha value is -5.79. The third kappa shape index (κ3) is 9.97. The lowest BCUT2D eigenvalue weighted by molar-refractivity contribution is -0.141. The summed E-state index contributed by atoms with van der Waals surface area (Å²) in [7, 11) is -2.36. The highest BCUT2D eigenvalue weighted by atomic mass is 32.2. The molecule has 4 heterocycles. The Morgan fingerprint density at radius 2 is 1.86 bits per heavy atom. The van der Waals surface area contributed by atoms with Gasteiger partial charge in [-0.15, -0.1) is 11.3 Å². The highest BCUT2D eigenvalue weighted by Crippen LogP contribution is 2.46. The Labute approximate surface area is 387 Å². The summed E-state index contributed by atoms with van der Waals surface area (Å²) in [6, 6.07) is 7.24. The molecule has 0 spiro atoms. The summed E-state index contributed by atoms with van der Waals surface area (Å²) in [5, 5.41) is 30.9. The number of aromatic hydroxyl groups is 1. The van der Waals surface area contributed by atoms with E-state index >= 15 is 0 Å². The van der Waals surface area contributed by atoms with Crippen LogP contribution in [-0.4, -0.2) is 99.9 Å². The molecule has 17 nitrogen and oxygen atoms in total. The molecule has 5 amide bonds. The summed E-state index contributed by atoms with van der Waals surface area (Å²) in [5.41, 5.74) is 2.25. The zero-order valence-corrected chi connectivity index (χ0v) is 39.1. The van der Waals surface area contributed by atoms with Crippen molar-refractivity contribution < 1.29 is 47.3 Å². The van der Waals surface area contributed by atoms with E-state index in [0.717, 1.165) is 24.1 Å². The first-order chi connectivity index (χ1) is 31.6. The number of allylic oxidation sites excluding steroid dienone is 1. The maximum Gasteiger partial charge on any atom is 0.315 e. The lowest BCUT2D eigenvalue weighted by atomic mass is 10.0. The summed E-state index contributed by atoms with van der Waals surface area (Å²) in [6.07, 6.45) is 7.07. The molecule has 8 rings (SSSR count). The highest BCUT2D eigenvalue weighted by molar-refractivity contribution is 7.91. The number of hydrogen-bond acceptors (Lipinski definition) is 13. The molecule has 2 aliphatic carbocycles. The summed E-state index contributed by atoms with van der Waals surface area (Å²) in [4.78, 5) is 68.4. The van der Waals surface area contributed by atoms with Gasteiger partial charge in [-0.3, -0.25) is 19.1 Å². The van der Waals surface area contributed by atoms with Gasteiger partial charge in [0.25, 0.3) is 5.91 Å². The van der Waals surface area contributed by atoms with Gasteiger partial charge in [0.2, 0.25) is 21.8 Å². The van der Waals surface area contributed by atoms with Crippen LogP contribution < -0.4 is 30.1 Å². The van der Waals surface area contributed by atoms with Crippen molar-refractivity contribution in [2.24, 2.45) is 5.92 Å². The molecule has 2 aliphatic heterocycles. The Morgan fingerprint density at radius 3 is 2.58 bits per heavy atom. The van der Waals surface area contributed by atoms with Gasteiger partial charge in [-0.25, -0.2) is 23.2 Å². The van der Waals surface area contributed by atoms with Crippen LogP contribution in [0.2, 0.25) is 0 Å². The Kier molecular flexibility index (Phi) is 13.6. The van der Waals surface area contributed by atoms with Crippen molar-refractivity contribution >= 4 is 56.0 Å². The van der Waals surface area contributed by atoms with Crippen LogP contribution in [0.3, 0.4) is 0 Å². The summed E-state index contributed by atoms with van der Waals surface area (Å²) >= 11 is 1.46. The van der Waals surface area contributed by atoms with Gasteiger partial charge in [0.05, 0.1) is 36.7 Å². The van der Waals surface area contributed by atoms with E-state index in [0.29, 0.717) is 69.9 Å². The number of pyridine rings is 1. The Bertz CT molecular complexity index is 2670. The number of phenols is 1. The van der Waals surface area contributed by atoms with Crippen molar-refractivity contribution in [3.63, 3.8) is 0 Å². The predicted molar refractivity (Wildman–Crippen MR) is 247 cm³/mol. The second-order valence-corrected chi connectivity index (χ2v) is 20.8. The third-order valence-corrected chi connectivity index (χ3v) is 15.6. The monoisotopic (exact) mass is 943 g/mol. The summed E-state index contributed by atoms with van der Waals surface area (Å²) in [6.45, 7) is 5.63. The number of carbonyl (C=O) groups excluding carboxylic acids is 4. The van der Waals surface area contributed by atoms with Crippen molar-refractivity contribution in [3.05, 3.63) is 76.3 Å². The molecule has 2 aromatic carbocycles. The van der Waals surface area contributed by atoms with Crippen molar-refractivity contribution in [1.82, 2.24) is 35.5 Å². The van der Waals surface area contributed by atoms with Crippen molar-refractivity contribution in [1.29, 1.82) is 0 Å². The minimum absolute atomic E-state index is 0.00539. The van der Waals surface area contributed by atoms with Crippen LogP contribution in [0, 0.1) is 12.8 Å².